The van der Waals surface area contributed by atoms with Crippen LogP contribution in [0.25, 0.3) is 77.8 Å². The number of nitrogens with one attached hydrogen (secondary N) is 1. The Morgan fingerprint density at radius 2 is 0.881 bits per heavy atom. The molecule has 10 aromatic rings. The summed E-state index contributed by atoms with van der Waals surface area (Å²) in [6.45, 7) is 0. The highest BCUT2D eigenvalue weighted by Crippen LogP contribution is 2.53. The van der Waals surface area contributed by atoms with Crippen molar-refractivity contribution < 1.29 is 0 Å². The van der Waals surface area contributed by atoms with Crippen LogP contribution in [0.1, 0.15) is 11.7 Å². The van der Waals surface area contributed by atoms with Gasteiger partial charge >= 0.3 is 0 Å². The maximum atomic E-state index is 5.08. The zero-order valence-electron chi connectivity index (χ0n) is 32.1. The predicted molar refractivity (Wildman–Crippen MR) is 243 cm³/mol. The molecule has 5 nitrogen and oxygen atoms in total. The van der Waals surface area contributed by atoms with E-state index < -0.39 is 0 Å². The fourth-order valence-electron chi connectivity index (χ4n) is 8.42. The van der Waals surface area contributed by atoms with Gasteiger partial charge in [0.2, 0.25) is 0 Å². The van der Waals surface area contributed by atoms with E-state index in [1.807, 2.05) is 36.5 Å². The Balaban J connectivity index is 0.923. The van der Waals surface area contributed by atoms with E-state index in [-0.39, 0.29) is 6.17 Å². The van der Waals surface area contributed by atoms with Gasteiger partial charge in [-0.05, 0) is 58.1 Å². The van der Waals surface area contributed by atoms with Crippen LogP contribution in [0, 0.1) is 0 Å². The van der Waals surface area contributed by atoms with Crippen molar-refractivity contribution in [3.63, 3.8) is 0 Å². The van der Waals surface area contributed by atoms with Crippen LogP contribution in [0.4, 0.5) is 17.1 Å². The largest absolute Gasteiger partial charge is 0.359 e. The molecule has 1 N–H and O–H groups in total. The first-order chi connectivity index (χ1) is 29.2. The molecule has 0 aliphatic carbocycles. The summed E-state index contributed by atoms with van der Waals surface area (Å²) in [5.74, 6) is 0.703. The lowest BCUT2D eigenvalue weighted by Gasteiger charge is -2.28. The Labute approximate surface area is 343 Å². The Kier molecular flexibility index (Phi) is 8.48. The number of aromatic nitrogens is 3. The lowest BCUT2D eigenvalue weighted by molar-refractivity contribution is 0.830. The summed E-state index contributed by atoms with van der Waals surface area (Å²) < 4.78 is 0. The molecule has 1 aliphatic heterocycles. The van der Waals surface area contributed by atoms with Crippen molar-refractivity contribution in [1.29, 1.82) is 0 Å². The average Bonchev–Trinajstić information content (AvgIpc) is 3.74. The van der Waals surface area contributed by atoms with Crippen LogP contribution in [0.2, 0.25) is 0 Å². The maximum absolute atomic E-state index is 5.08. The summed E-state index contributed by atoms with van der Waals surface area (Å²) in [5, 5.41) is 7.38. The third-order valence-electron chi connectivity index (χ3n) is 11.4. The molecule has 1 unspecified atom stereocenters. The molecule has 8 aromatic carbocycles. The van der Waals surface area contributed by atoms with Crippen LogP contribution >= 0.6 is 0 Å². The van der Waals surface area contributed by atoms with Gasteiger partial charge in [0.1, 0.15) is 6.17 Å². The molecule has 0 fully saturated rings. The van der Waals surface area contributed by atoms with Crippen molar-refractivity contribution in [3.05, 3.63) is 218 Å². The number of rotatable bonds is 7. The van der Waals surface area contributed by atoms with E-state index >= 15 is 0 Å². The van der Waals surface area contributed by atoms with E-state index in [0.717, 1.165) is 66.9 Å². The van der Waals surface area contributed by atoms with E-state index in [4.69, 9.17) is 15.0 Å². The third-order valence-corrected chi connectivity index (χ3v) is 11.4. The third kappa shape index (κ3) is 6.26. The van der Waals surface area contributed by atoms with Gasteiger partial charge in [0, 0.05) is 44.7 Å². The normalized spacial score (nSPS) is 13.4. The number of hydrogen-bond acceptors (Lipinski definition) is 5. The highest BCUT2D eigenvalue weighted by atomic mass is 15.3. The molecule has 2 aromatic heterocycles. The van der Waals surface area contributed by atoms with Gasteiger partial charge in [0.05, 0.1) is 28.3 Å². The molecule has 0 amide bonds. The zero-order chi connectivity index (χ0) is 39.1. The molecule has 1 aliphatic rings. The summed E-state index contributed by atoms with van der Waals surface area (Å²) >= 11 is 0. The van der Waals surface area contributed by atoms with Crippen molar-refractivity contribution >= 4 is 38.7 Å². The fourth-order valence-corrected chi connectivity index (χ4v) is 8.42. The molecular formula is C54H37N5. The van der Waals surface area contributed by atoms with Crippen molar-refractivity contribution in [2.24, 2.45) is 0 Å². The summed E-state index contributed by atoms with van der Waals surface area (Å²) in [7, 11) is 0. The SMILES string of the molecule is c1ccc(-c2ccc(-c3cc(-c4ccc(-c5ccc(C6Nc7c(c8ccccc8c8ncccc78)N6c6ccccc6)cc5)cc4)nc(-c4ccccc4)n3)cc2)cc1. The number of para-hydroxylation sites is 1. The molecule has 11 rings (SSSR count). The number of fused-ring (bicyclic) bond motifs is 6. The number of anilines is 3. The van der Waals surface area contributed by atoms with Crippen LogP contribution < -0.4 is 10.2 Å². The van der Waals surface area contributed by atoms with Gasteiger partial charge in [0.25, 0.3) is 0 Å². The quantitative estimate of drug-likeness (QED) is 0.164. The molecule has 0 saturated carbocycles. The summed E-state index contributed by atoms with van der Waals surface area (Å²) in [4.78, 5) is 17.4. The molecule has 278 valence electrons. The van der Waals surface area contributed by atoms with Crippen LogP contribution in [0.5, 0.6) is 0 Å². The van der Waals surface area contributed by atoms with Crippen molar-refractivity contribution in [2.45, 2.75) is 6.17 Å². The molecule has 59 heavy (non-hydrogen) atoms. The predicted octanol–water partition coefficient (Wildman–Crippen LogP) is 13.8. The minimum Gasteiger partial charge on any atom is -0.359 e. The van der Waals surface area contributed by atoms with E-state index in [1.54, 1.807) is 0 Å². The highest BCUT2D eigenvalue weighted by Gasteiger charge is 2.34. The van der Waals surface area contributed by atoms with Gasteiger partial charge < -0.3 is 10.2 Å². The van der Waals surface area contributed by atoms with Crippen molar-refractivity contribution in [1.82, 2.24) is 15.0 Å². The summed E-state index contributed by atoms with van der Waals surface area (Å²) in [5.41, 5.74) is 15.1. The molecular weight excluding hydrogens is 719 g/mol. The summed E-state index contributed by atoms with van der Waals surface area (Å²) in [6, 6.07) is 72.5. The number of nitrogens with zero attached hydrogens (tertiary/aromatic N) is 4. The fraction of sp³-hybridized carbons (Fsp3) is 0.0185. The molecule has 1 atom stereocenters. The Morgan fingerprint density at radius 1 is 0.407 bits per heavy atom. The second-order valence-electron chi connectivity index (χ2n) is 14.9. The van der Waals surface area contributed by atoms with Gasteiger partial charge in [-0.15, -0.1) is 0 Å². The Bertz CT molecular complexity index is 3100. The first-order valence-electron chi connectivity index (χ1n) is 20.0. The van der Waals surface area contributed by atoms with Gasteiger partial charge in [-0.2, -0.15) is 0 Å². The molecule has 5 heteroatoms. The van der Waals surface area contributed by atoms with Crippen molar-refractivity contribution in [2.75, 3.05) is 10.2 Å². The van der Waals surface area contributed by atoms with Crippen LogP contribution in [0.3, 0.4) is 0 Å². The van der Waals surface area contributed by atoms with E-state index in [9.17, 15) is 0 Å². The number of benzene rings is 8. The minimum atomic E-state index is -0.113. The number of hydrogen-bond donors (Lipinski definition) is 1. The van der Waals surface area contributed by atoms with Crippen LogP contribution in [-0.2, 0) is 0 Å². The lowest BCUT2D eigenvalue weighted by Crippen LogP contribution is -2.23. The van der Waals surface area contributed by atoms with Gasteiger partial charge in [-0.3, -0.25) is 4.98 Å². The molecule has 0 saturated heterocycles. The second kappa shape index (κ2) is 14.6. The average molecular weight is 756 g/mol. The summed E-state index contributed by atoms with van der Waals surface area (Å²) in [6.07, 6.45) is 1.77. The van der Waals surface area contributed by atoms with Gasteiger partial charge in [-0.1, -0.05) is 176 Å². The van der Waals surface area contributed by atoms with E-state index in [0.29, 0.717) is 5.82 Å². The molecule has 0 bridgehead atoms. The second-order valence-corrected chi connectivity index (χ2v) is 14.9. The first kappa shape index (κ1) is 34.4. The molecule has 0 radical (unpaired) electrons. The molecule has 3 heterocycles. The standard InChI is InChI=1S/C54H37N5/c1-4-13-36(14-5-1)37-22-28-40(29-23-37)48-35-49(57-53(56-48)42-15-6-2-7-16-42)41-30-24-38(25-31-41)39-26-32-43(33-27-39)54-58-51-47-21-12-34-55-50(47)45-19-10-11-20-46(45)52(51)59(54)44-17-8-3-9-18-44/h1-35,54,58H. The maximum Gasteiger partial charge on any atom is 0.160 e. The Hall–Kier alpha value is -7.89. The smallest absolute Gasteiger partial charge is 0.160 e. The highest BCUT2D eigenvalue weighted by molar-refractivity contribution is 6.21. The van der Waals surface area contributed by atoms with Gasteiger partial charge in [-0.25, -0.2) is 9.97 Å². The zero-order valence-corrected chi connectivity index (χ0v) is 32.1. The van der Waals surface area contributed by atoms with Crippen LogP contribution in [0.15, 0.2) is 212 Å². The first-order valence-corrected chi connectivity index (χ1v) is 20.0. The molecule has 0 spiro atoms. The number of pyridine rings is 1. The monoisotopic (exact) mass is 755 g/mol. The van der Waals surface area contributed by atoms with Crippen molar-refractivity contribution in [3.8, 4) is 56.2 Å². The van der Waals surface area contributed by atoms with Crippen LogP contribution in [-0.4, -0.2) is 15.0 Å². The van der Waals surface area contributed by atoms with E-state index in [1.165, 1.54) is 27.8 Å². The van der Waals surface area contributed by atoms with Gasteiger partial charge in [0.15, 0.2) is 5.82 Å². The lowest BCUT2D eigenvalue weighted by atomic mass is 9.99. The minimum absolute atomic E-state index is 0.113. The van der Waals surface area contributed by atoms with E-state index in [2.05, 4.69) is 186 Å². The topological polar surface area (TPSA) is 53.9 Å². The Morgan fingerprint density at radius 3 is 1.49 bits per heavy atom.